The van der Waals surface area contributed by atoms with Crippen LogP contribution >= 0.6 is 15.9 Å². The van der Waals surface area contributed by atoms with Crippen LogP contribution in [0.25, 0.3) is 11.1 Å². The number of halogens is 2. The van der Waals surface area contributed by atoms with Crippen LogP contribution in [0.2, 0.25) is 0 Å². The van der Waals surface area contributed by atoms with Crippen LogP contribution in [0.4, 0.5) is 4.39 Å². The second kappa shape index (κ2) is 6.75. The first-order valence-corrected chi connectivity index (χ1v) is 7.74. The Labute approximate surface area is 137 Å². The van der Waals surface area contributed by atoms with Gasteiger partial charge in [0.2, 0.25) is 0 Å². The molecule has 0 saturated heterocycles. The predicted octanol–water partition coefficient (Wildman–Crippen LogP) is 5.83. The van der Waals surface area contributed by atoms with Crippen LogP contribution in [-0.2, 0) is 6.61 Å². The topological polar surface area (TPSA) is 9.23 Å². The first kappa shape index (κ1) is 14.8. The monoisotopic (exact) mass is 356 g/mol. The summed E-state index contributed by atoms with van der Waals surface area (Å²) in [7, 11) is 0. The molecule has 110 valence electrons. The average Bonchev–Trinajstić information content (AvgIpc) is 2.55. The summed E-state index contributed by atoms with van der Waals surface area (Å²) in [5, 5.41) is 0. The minimum absolute atomic E-state index is 0.243. The lowest BCUT2D eigenvalue weighted by Crippen LogP contribution is -1.94. The second-order valence-electron chi connectivity index (χ2n) is 4.92. The molecule has 0 bridgehead atoms. The summed E-state index contributed by atoms with van der Waals surface area (Å²) in [6.07, 6.45) is 0. The molecule has 0 N–H and O–H groups in total. The van der Waals surface area contributed by atoms with Crippen molar-refractivity contribution in [1.82, 2.24) is 0 Å². The van der Waals surface area contributed by atoms with Crippen molar-refractivity contribution in [3.63, 3.8) is 0 Å². The van der Waals surface area contributed by atoms with Gasteiger partial charge in [-0.1, -0.05) is 64.5 Å². The maximum Gasteiger partial charge on any atom is 0.132 e. The van der Waals surface area contributed by atoms with Crippen molar-refractivity contribution in [2.45, 2.75) is 6.61 Å². The molecule has 0 radical (unpaired) electrons. The van der Waals surface area contributed by atoms with E-state index in [-0.39, 0.29) is 5.82 Å². The van der Waals surface area contributed by atoms with Gasteiger partial charge in [-0.15, -0.1) is 0 Å². The fourth-order valence-electron chi connectivity index (χ4n) is 2.20. The maximum absolute atomic E-state index is 13.9. The van der Waals surface area contributed by atoms with Gasteiger partial charge in [-0.25, -0.2) is 4.39 Å². The zero-order valence-electron chi connectivity index (χ0n) is 11.8. The minimum atomic E-state index is -0.243. The van der Waals surface area contributed by atoms with Crippen LogP contribution in [0.5, 0.6) is 5.75 Å². The van der Waals surface area contributed by atoms with Crippen LogP contribution < -0.4 is 4.74 Å². The molecule has 0 saturated carbocycles. The Bertz CT molecular complexity index is 754. The zero-order chi connectivity index (χ0) is 15.4. The summed E-state index contributed by atoms with van der Waals surface area (Å²) in [6.45, 7) is 0.521. The van der Waals surface area contributed by atoms with Gasteiger partial charge < -0.3 is 4.74 Å². The summed E-state index contributed by atoms with van der Waals surface area (Å²) < 4.78 is 20.4. The number of benzene rings is 3. The normalized spacial score (nSPS) is 10.5. The van der Waals surface area contributed by atoms with Gasteiger partial charge in [-0.05, 0) is 35.4 Å². The summed E-state index contributed by atoms with van der Waals surface area (Å²) in [4.78, 5) is 0. The fraction of sp³-hybridized carbons (Fsp3) is 0.0526. The Balaban J connectivity index is 1.72. The second-order valence-corrected chi connectivity index (χ2v) is 5.84. The van der Waals surface area contributed by atoms with Crippen molar-refractivity contribution in [3.05, 3.63) is 88.6 Å². The minimum Gasteiger partial charge on any atom is -0.489 e. The van der Waals surface area contributed by atoms with Crippen LogP contribution in [0.1, 0.15) is 5.56 Å². The summed E-state index contributed by atoms with van der Waals surface area (Å²) >= 11 is 3.26. The molecule has 0 aliphatic rings. The van der Waals surface area contributed by atoms with E-state index in [2.05, 4.69) is 15.9 Å². The molecule has 0 aromatic heterocycles. The molecular formula is C19H14BrFO. The van der Waals surface area contributed by atoms with E-state index < -0.39 is 0 Å². The lowest BCUT2D eigenvalue weighted by Gasteiger charge is -2.08. The van der Waals surface area contributed by atoms with E-state index in [0.717, 1.165) is 21.3 Å². The van der Waals surface area contributed by atoms with Gasteiger partial charge >= 0.3 is 0 Å². The third kappa shape index (κ3) is 3.55. The molecule has 3 aromatic carbocycles. The Morgan fingerprint density at radius 3 is 2.27 bits per heavy atom. The standard InChI is InChI=1S/C19H14BrFO/c20-16-8-11-18(19(21)12-16)15-6-9-17(10-7-15)22-13-14-4-2-1-3-5-14/h1-12H,13H2. The molecule has 0 heterocycles. The predicted molar refractivity (Wildman–Crippen MR) is 90.3 cm³/mol. The first-order chi connectivity index (χ1) is 10.7. The maximum atomic E-state index is 13.9. The molecule has 0 aliphatic carbocycles. The Morgan fingerprint density at radius 1 is 0.864 bits per heavy atom. The van der Waals surface area contributed by atoms with E-state index in [1.807, 2.05) is 60.7 Å². The summed E-state index contributed by atoms with van der Waals surface area (Å²) in [5.41, 5.74) is 2.53. The summed E-state index contributed by atoms with van der Waals surface area (Å²) in [5.74, 6) is 0.525. The fourth-order valence-corrected chi connectivity index (χ4v) is 2.53. The largest absolute Gasteiger partial charge is 0.489 e. The molecule has 3 rings (SSSR count). The SMILES string of the molecule is Fc1cc(Br)ccc1-c1ccc(OCc2ccccc2)cc1. The van der Waals surface area contributed by atoms with Gasteiger partial charge in [0.15, 0.2) is 0 Å². The van der Waals surface area contributed by atoms with E-state index in [1.54, 1.807) is 6.07 Å². The Morgan fingerprint density at radius 2 is 1.59 bits per heavy atom. The van der Waals surface area contributed by atoms with Crippen molar-refractivity contribution in [3.8, 4) is 16.9 Å². The van der Waals surface area contributed by atoms with Gasteiger partial charge in [0.25, 0.3) is 0 Å². The van der Waals surface area contributed by atoms with E-state index in [9.17, 15) is 4.39 Å². The van der Waals surface area contributed by atoms with Crippen LogP contribution in [0.15, 0.2) is 77.3 Å². The van der Waals surface area contributed by atoms with Gasteiger partial charge in [-0.2, -0.15) is 0 Å². The molecule has 0 fully saturated rings. The number of hydrogen-bond donors (Lipinski definition) is 0. The molecule has 22 heavy (non-hydrogen) atoms. The van der Waals surface area contributed by atoms with Gasteiger partial charge in [-0.3, -0.25) is 0 Å². The molecule has 3 heteroatoms. The van der Waals surface area contributed by atoms with Gasteiger partial charge in [0.05, 0.1) is 0 Å². The molecule has 0 unspecified atom stereocenters. The third-order valence-electron chi connectivity index (χ3n) is 3.34. The number of rotatable bonds is 4. The van der Waals surface area contributed by atoms with E-state index >= 15 is 0 Å². The van der Waals surface area contributed by atoms with E-state index in [4.69, 9.17) is 4.74 Å². The molecule has 0 aliphatic heterocycles. The van der Waals surface area contributed by atoms with Gasteiger partial charge in [0, 0.05) is 10.0 Å². The van der Waals surface area contributed by atoms with Crippen molar-refractivity contribution in [2.24, 2.45) is 0 Å². The number of ether oxygens (including phenoxy) is 1. The van der Waals surface area contributed by atoms with E-state index in [1.165, 1.54) is 6.07 Å². The first-order valence-electron chi connectivity index (χ1n) is 6.94. The highest BCUT2D eigenvalue weighted by Gasteiger charge is 2.06. The number of hydrogen-bond acceptors (Lipinski definition) is 1. The highest BCUT2D eigenvalue weighted by molar-refractivity contribution is 9.10. The Kier molecular flexibility index (Phi) is 4.54. The van der Waals surface area contributed by atoms with Crippen molar-refractivity contribution >= 4 is 15.9 Å². The van der Waals surface area contributed by atoms with Gasteiger partial charge in [0.1, 0.15) is 18.2 Å². The van der Waals surface area contributed by atoms with Crippen molar-refractivity contribution in [2.75, 3.05) is 0 Å². The zero-order valence-corrected chi connectivity index (χ0v) is 13.4. The lowest BCUT2D eigenvalue weighted by atomic mass is 10.1. The summed E-state index contributed by atoms with van der Waals surface area (Å²) in [6, 6.07) is 22.5. The molecule has 0 amide bonds. The molecule has 3 aromatic rings. The molecular weight excluding hydrogens is 343 g/mol. The highest BCUT2D eigenvalue weighted by Crippen LogP contribution is 2.27. The highest BCUT2D eigenvalue weighted by atomic mass is 79.9. The average molecular weight is 357 g/mol. The molecule has 0 spiro atoms. The quantitative estimate of drug-likeness (QED) is 0.570. The van der Waals surface area contributed by atoms with Crippen LogP contribution in [0.3, 0.4) is 0 Å². The Hall–Kier alpha value is -2.13. The molecule has 1 nitrogen and oxygen atoms in total. The van der Waals surface area contributed by atoms with Crippen LogP contribution in [-0.4, -0.2) is 0 Å². The lowest BCUT2D eigenvalue weighted by molar-refractivity contribution is 0.306. The van der Waals surface area contributed by atoms with Crippen molar-refractivity contribution in [1.29, 1.82) is 0 Å². The molecule has 0 atom stereocenters. The van der Waals surface area contributed by atoms with Crippen LogP contribution in [0, 0.1) is 5.82 Å². The van der Waals surface area contributed by atoms with E-state index in [0.29, 0.717) is 12.2 Å². The van der Waals surface area contributed by atoms with Crippen molar-refractivity contribution < 1.29 is 9.13 Å². The smallest absolute Gasteiger partial charge is 0.132 e. The third-order valence-corrected chi connectivity index (χ3v) is 3.84.